The van der Waals surface area contributed by atoms with E-state index >= 15 is 0 Å². The first-order valence-corrected chi connectivity index (χ1v) is 8.20. The summed E-state index contributed by atoms with van der Waals surface area (Å²) in [6.45, 7) is 2.38. The molecule has 3 rings (SSSR count). The van der Waals surface area contributed by atoms with Gasteiger partial charge in [0.2, 0.25) is 0 Å². The van der Waals surface area contributed by atoms with E-state index in [-0.39, 0.29) is 0 Å². The van der Waals surface area contributed by atoms with Gasteiger partial charge in [-0.1, -0.05) is 61.5 Å². The lowest BCUT2D eigenvalue weighted by Crippen LogP contribution is -2.57. The number of benzene rings is 2. The lowest BCUT2D eigenvalue weighted by Gasteiger charge is -2.46. The Hall–Kier alpha value is -2.46. The van der Waals surface area contributed by atoms with Gasteiger partial charge < -0.3 is 9.90 Å². The molecule has 0 bridgehead atoms. The molecule has 0 radical (unpaired) electrons. The van der Waals surface area contributed by atoms with Crippen LogP contribution < -0.4 is 0 Å². The van der Waals surface area contributed by atoms with Crippen LogP contribution in [0.4, 0.5) is 0 Å². The van der Waals surface area contributed by atoms with Crippen molar-refractivity contribution in [2.75, 3.05) is 0 Å². The van der Waals surface area contributed by atoms with Crippen LogP contribution in [-0.2, 0) is 28.1 Å². The normalized spacial score (nSPS) is 20.0. The van der Waals surface area contributed by atoms with Crippen LogP contribution in [0.2, 0.25) is 0 Å². The van der Waals surface area contributed by atoms with Gasteiger partial charge in [0.15, 0.2) is 0 Å². The highest BCUT2D eigenvalue weighted by Gasteiger charge is 2.45. The highest BCUT2D eigenvalue weighted by Crippen LogP contribution is 2.37. The van der Waals surface area contributed by atoms with Gasteiger partial charge in [-0.05, 0) is 29.5 Å². The fourth-order valence-electron chi connectivity index (χ4n) is 3.68. The van der Waals surface area contributed by atoms with Gasteiger partial charge in [0.05, 0.1) is 0 Å². The molecule has 0 saturated carbocycles. The monoisotopic (exact) mass is 323 g/mol. The Balaban J connectivity index is 2.12. The van der Waals surface area contributed by atoms with Crippen LogP contribution in [0.1, 0.15) is 30.0 Å². The maximum atomic E-state index is 12.2. The number of aliphatic carboxylic acids is 1. The fourth-order valence-corrected chi connectivity index (χ4v) is 3.68. The van der Waals surface area contributed by atoms with Crippen LogP contribution >= 0.6 is 0 Å². The number of fused-ring (bicyclic) bond motifs is 1. The standard InChI is InChI=1S/C20H21NO3/c1-2-20(14-22,17-10-4-3-5-11-17)21-13-16-9-7-6-8-15(16)12-18(21)19(23)24/h3-11,14,18H,2,12-13H2,1H3,(H,23,24). The molecule has 2 aromatic rings. The molecule has 0 fully saturated rings. The second-order valence-electron chi connectivity index (χ2n) is 6.22. The van der Waals surface area contributed by atoms with Crippen molar-refractivity contribution >= 4 is 12.3 Å². The number of nitrogens with zero attached hydrogens (tertiary/aromatic N) is 1. The molecule has 4 nitrogen and oxygen atoms in total. The molecule has 1 N–H and O–H groups in total. The van der Waals surface area contributed by atoms with Gasteiger partial charge in [0.1, 0.15) is 17.9 Å². The Labute approximate surface area is 141 Å². The molecule has 0 saturated heterocycles. The molecule has 0 aromatic heterocycles. The molecule has 1 aliphatic rings. The summed E-state index contributed by atoms with van der Waals surface area (Å²) in [5.74, 6) is -0.889. The minimum atomic E-state index is -0.933. The summed E-state index contributed by atoms with van der Waals surface area (Å²) in [4.78, 5) is 26.0. The first-order chi connectivity index (χ1) is 11.6. The third-order valence-electron chi connectivity index (χ3n) is 5.05. The van der Waals surface area contributed by atoms with Crippen LogP contribution in [0.15, 0.2) is 54.6 Å². The average molecular weight is 323 g/mol. The van der Waals surface area contributed by atoms with Gasteiger partial charge in [-0.3, -0.25) is 9.69 Å². The summed E-state index contributed by atoms with van der Waals surface area (Å²) in [6, 6.07) is 16.6. The zero-order valence-corrected chi connectivity index (χ0v) is 13.7. The van der Waals surface area contributed by atoms with Crippen molar-refractivity contribution in [2.24, 2.45) is 0 Å². The van der Waals surface area contributed by atoms with Crippen LogP contribution in [0.25, 0.3) is 0 Å². The smallest absolute Gasteiger partial charge is 0.321 e. The lowest BCUT2D eigenvalue weighted by atomic mass is 9.82. The highest BCUT2D eigenvalue weighted by molar-refractivity contribution is 5.77. The summed E-state index contributed by atoms with van der Waals surface area (Å²) in [5, 5.41) is 9.78. The summed E-state index contributed by atoms with van der Waals surface area (Å²) < 4.78 is 0. The summed E-state index contributed by atoms with van der Waals surface area (Å²) in [6.07, 6.45) is 1.84. The Bertz CT molecular complexity index is 744. The SMILES string of the molecule is CCC(C=O)(c1ccccc1)N1Cc2ccccc2CC1C(=O)O. The van der Waals surface area contributed by atoms with Gasteiger partial charge in [-0.2, -0.15) is 0 Å². The number of carbonyl (C=O) groups is 2. The van der Waals surface area contributed by atoms with E-state index in [1.165, 1.54) is 0 Å². The molecule has 124 valence electrons. The number of hydrogen-bond acceptors (Lipinski definition) is 3. The maximum absolute atomic E-state index is 12.2. The molecule has 24 heavy (non-hydrogen) atoms. The minimum absolute atomic E-state index is 0.411. The molecule has 0 amide bonds. The molecule has 2 unspecified atom stereocenters. The number of carbonyl (C=O) groups excluding carboxylic acids is 1. The molecule has 2 aromatic carbocycles. The van der Waals surface area contributed by atoms with E-state index in [0.29, 0.717) is 19.4 Å². The summed E-state index contributed by atoms with van der Waals surface area (Å²) in [5.41, 5.74) is 2.04. The Morgan fingerprint density at radius 2 is 1.79 bits per heavy atom. The van der Waals surface area contributed by atoms with E-state index in [1.807, 2.05) is 66.4 Å². The van der Waals surface area contributed by atoms with Crippen LogP contribution in [0, 0.1) is 0 Å². The summed E-state index contributed by atoms with van der Waals surface area (Å²) >= 11 is 0. The first-order valence-electron chi connectivity index (χ1n) is 8.20. The minimum Gasteiger partial charge on any atom is -0.480 e. The second-order valence-corrected chi connectivity index (χ2v) is 6.22. The fraction of sp³-hybridized carbons (Fsp3) is 0.300. The van der Waals surface area contributed by atoms with Gasteiger partial charge in [-0.25, -0.2) is 0 Å². The molecular weight excluding hydrogens is 302 g/mol. The van der Waals surface area contributed by atoms with Crippen LogP contribution in [0.5, 0.6) is 0 Å². The molecule has 2 atom stereocenters. The zero-order valence-electron chi connectivity index (χ0n) is 13.7. The predicted octanol–water partition coefficient (Wildman–Crippen LogP) is 3.00. The van der Waals surface area contributed by atoms with Crippen molar-refractivity contribution in [1.82, 2.24) is 4.90 Å². The molecule has 4 heteroatoms. The number of rotatable bonds is 5. The van der Waals surface area contributed by atoms with Gasteiger partial charge in [-0.15, -0.1) is 0 Å². The van der Waals surface area contributed by atoms with Crippen LogP contribution in [-0.4, -0.2) is 28.3 Å². The average Bonchev–Trinajstić information content (AvgIpc) is 2.63. The number of carboxylic acid groups (broad SMARTS) is 1. The van der Waals surface area contributed by atoms with E-state index in [1.54, 1.807) is 0 Å². The van der Waals surface area contributed by atoms with Gasteiger partial charge in [0, 0.05) is 6.54 Å². The largest absolute Gasteiger partial charge is 0.480 e. The molecule has 0 aliphatic carbocycles. The maximum Gasteiger partial charge on any atom is 0.321 e. The molecule has 0 spiro atoms. The number of carboxylic acids is 1. The topological polar surface area (TPSA) is 57.6 Å². The zero-order chi connectivity index (χ0) is 17.2. The summed E-state index contributed by atoms with van der Waals surface area (Å²) in [7, 11) is 0. The molecule has 1 heterocycles. The van der Waals surface area contributed by atoms with Gasteiger partial charge in [0.25, 0.3) is 0 Å². The van der Waals surface area contributed by atoms with E-state index in [2.05, 4.69) is 0 Å². The molecular formula is C20H21NO3. The number of aldehydes is 1. The highest BCUT2D eigenvalue weighted by atomic mass is 16.4. The van der Waals surface area contributed by atoms with E-state index in [9.17, 15) is 14.7 Å². The van der Waals surface area contributed by atoms with Gasteiger partial charge >= 0.3 is 5.97 Å². The van der Waals surface area contributed by atoms with E-state index in [0.717, 1.165) is 23.0 Å². The third kappa shape index (κ3) is 2.63. The van der Waals surface area contributed by atoms with Crippen LogP contribution in [0.3, 0.4) is 0 Å². The van der Waals surface area contributed by atoms with E-state index in [4.69, 9.17) is 0 Å². The van der Waals surface area contributed by atoms with Crippen molar-refractivity contribution in [3.8, 4) is 0 Å². The number of hydrogen-bond donors (Lipinski definition) is 1. The van der Waals surface area contributed by atoms with Crippen molar-refractivity contribution in [2.45, 2.75) is 37.9 Å². The third-order valence-corrected chi connectivity index (χ3v) is 5.05. The Kier molecular flexibility index (Phi) is 4.49. The Morgan fingerprint density at radius 3 is 2.38 bits per heavy atom. The second kappa shape index (κ2) is 6.57. The predicted molar refractivity (Wildman–Crippen MR) is 91.6 cm³/mol. The first kappa shape index (κ1) is 16.4. The van der Waals surface area contributed by atoms with E-state index < -0.39 is 17.6 Å². The van der Waals surface area contributed by atoms with Crippen molar-refractivity contribution < 1.29 is 14.7 Å². The lowest BCUT2D eigenvalue weighted by molar-refractivity contribution is -0.149. The molecule has 1 aliphatic heterocycles. The Morgan fingerprint density at radius 1 is 1.17 bits per heavy atom. The van der Waals surface area contributed by atoms with Crippen molar-refractivity contribution in [1.29, 1.82) is 0 Å². The van der Waals surface area contributed by atoms with Crippen molar-refractivity contribution in [3.05, 3.63) is 71.3 Å². The van der Waals surface area contributed by atoms with Crippen molar-refractivity contribution in [3.63, 3.8) is 0 Å². The quantitative estimate of drug-likeness (QED) is 0.860.